The number of nitrogens with zero attached hydrogens (tertiary/aromatic N) is 2. The summed E-state index contributed by atoms with van der Waals surface area (Å²) in [4.78, 5) is 20.4. The number of carbonyl (C=O) groups is 1. The largest absolute Gasteiger partial charge is 0.497 e. The fraction of sp³-hybridized carbons (Fsp3) is 0.238. The fourth-order valence-electron chi connectivity index (χ4n) is 3.15. The lowest BCUT2D eigenvalue weighted by atomic mass is 10.2. The maximum atomic E-state index is 12.7. The maximum Gasteiger partial charge on any atom is 0.322 e. The molecule has 0 radical (unpaired) electrons. The molecule has 2 aromatic carbocycles. The molecule has 0 bridgehead atoms. The molecule has 3 aromatic rings. The topological polar surface area (TPSA) is 63.7 Å². The summed E-state index contributed by atoms with van der Waals surface area (Å²) in [5, 5.41) is 3.90. The molecular weight excluding hydrogens is 374 g/mol. The number of hydrogen-bond acceptors (Lipinski definition) is 5. The summed E-state index contributed by atoms with van der Waals surface area (Å²) in [5.74, 6) is 1.52. The fourth-order valence-corrected chi connectivity index (χ4v) is 4.27. The minimum absolute atomic E-state index is 0.116. The highest BCUT2D eigenvalue weighted by molar-refractivity contribution is 7.15. The Morgan fingerprint density at radius 2 is 1.86 bits per heavy atom. The second-order valence-electron chi connectivity index (χ2n) is 6.45. The number of rotatable bonds is 4. The van der Waals surface area contributed by atoms with Crippen LogP contribution in [0.15, 0.2) is 48.5 Å². The third-order valence-corrected chi connectivity index (χ3v) is 5.79. The summed E-state index contributed by atoms with van der Waals surface area (Å²) in [7, 11) is 3.27. The zero-order valence-corrected chi connectivity index (χ0v) is 16.6. The van der Waals surface area contributed by atoms with E-state index in [0.717, 1.165) is 39.0 Å². The first-order chi connectivity index (χ1) is 13.7. The van der Waals surface area contributed by atoms with Gasteiger partial charge in [0.1, 0.15) is 16.5 Å². The molecule has 6 nitrogen and oxygen atoms in total. The molecule has 7 heteroatoms. The molecule has 0 saturated carbocycles. The van der Waals surface area contributed by atoms with E-state index in [1.807, 2.05) is 47.4 Å². The van der Waals surface area contributed by atoms with Crippen molar-refractivity contribution >= 4 is 23.1 Å². The smallest absolute Gasteiger partial charge is 0.322 e. The van der Waals surface area contributed by atoms with Crippen LogP contribution in [0.4, 0.5) is 10.5 Å². The molecule has 2 heterocycles. The summed E-state index contributed by atoms with van der Waals surface area (Å²) >= 11 is 1.63. The predicted octanol–water partition coefficient (Wildman–Crippen LogP) is 4.42. The molecule has 28 heavy (non-hydrogen) atoms. The van der Waals surface area contributed by atoms with Gasteiger partial charge in [-0.25, -0.2) is 9.78 Å². The van der Waals surface area contributed by atoms with Crippen LogP contribution in [0.25, 0.3) is 10.6 Å². The minimum atomic E-state index is -0.116. The summed E-state index contributed by atoms with van der Waals surface area (Å²) in [6, 6.07) is 15.1. The summed E-state index contributed by atoms with van der Waals surface area (Å²) in [6.07, 6.45) is 0.751. The van der Waals surface area contributed by atoms with Crippen LogP contribution in [0.1, 0.15) is 10.6 Å². The molecule has 0 aliphatic carbocycles. The van der Waals surface area contributed by atoms with E-state index in [1.165, 1.54) is 0 Å². The van der Waals surface area contributed by atoms with E-state index in [4.69, 9.17) is 14.5 Å². The Morgan fingerprint density at radius 1 is 1.11 bits per heavy atom. The normalized spacial score (nSPS) is 13.0. The van der Waals surface area contributed by atoms with Crippen molar-refractivity contribution in [1.29, 1.82) is 0 Å². The van der Waals surface area contributed by atoms with E-state index >= 15 is 0 Å². The van der Waals surface area contributed by atoms with Crippen molar-refractivity contribution in [3.8, 4) is 22.1 Å². The van der Waals surface area contributed by atoms with Gasteiger partial charge < -0.3 is 19.7 Å². The number of urea groups is 1. The lowest BCUT2D eigenvalue weighted by Gasteiger charge is -2.26. The van der Waals surface area contributed by atoms with Crippen molar-refractivity contribution in [2.24, 2.45) is 0 Å². The molecule has 4 rings (SSSR count). The first-order valence-electron chi connectivity index (χ1n) is 8.99. The van der Waals surface area contributed by atoms with Gasteiger partial charge in [0.25, 0.3) is 0 Å². The first-order valence-corrected chi connectivity index (χ1v) is 9.81. The molecular formula is C21H21N3O3S. The Bertz CT molecular complexity index is 1000. The third kappa shape index (κ3) is 3.80. The molecule has 144 valence electrons. The van der Waals surface area contributed by atoms with Gasteiger partial charge in [0.05, 0.1) is 26.5 Å². The van der Waals surface area contributed by atoms with Crippen LogP contribution in [-0.2, 0) is 13.0 Å². The van der Waals surface area contributed by atoms with Gasteiger partial charge in [-0.1, -0.05) is 18.2 Å². The number of nitrogens with one attached hydrogen (secondary N) is 1. The van der Waals surface area contributed by atoms with E-state index in [-0.39, 0.29) is 6.03 Å². The highest BCUT2D eigenvalue weighted by Gasteiger charge is 2.24. The number of fused-ring (bicyclic) bond motifs is 1. The number of aromatic nitrogens is 1. The molecule has 0 saturated heterocycles. The Labute approximate surface area is 167 Å². The number of carbonyl (C=O) groups excluding carboxylic acids is 1. The number of hydrogen-bond donors (Lipinski definition) is 1. The summed E-state index contributed by atoms with van der Waals surface area (Å²) in [5.41, 5.74) is 2.83. The maximum absolute atomic E-state index is 12.7. The van der Waals surface area contributed by atoms with Crippen LogP contribution in [0, 0.1) is 0 Å². The Kier molecular flexibility index (Phi) is 5.16. The van der Waals surface area contributed by atoms with E-state index in [9.17, 15) is 4.79 Å². The lowest BCUT2D eigenvalue weighted by Crippen LogP contribution is -2.38. The molecule has 1 aromatic heterocycles. The number of methoxy groups -OCH3 is 2. The number of amides is 2. The second kappa shape index (κ2) is 7.90. The number of ether oxygens (including phenoxy) is 2. The zero-order valence-electron chi connectivity index (χ0n) is 15.8. The van der Waals surface area contributed by atoms with Gasteiger partial charge in [0.2, 0.25) is 0 Å². The lowest BCUT2D eigenvalue weighted by molar-refractivity contribution is 0.207. The average molecular weight is 395 g/mol. The van der Waals surface area contributed by atoms with Crippen LogP contribution in [0.3, 0.4) is 0 Å². The van der Waals surface area contributed by atoms with Gasteiger partial charge in [-0.05, 0) is 24.3 Å². The van der Waals surface area contributed by atoms with Crippen molar-refractivity contribution in [3.05, 3.63) is 59.1 Å². The molecule has 1 aliphatic rings. The SMILES string of the molecule is COc1cccc(NC(=O)N2CCc3nc(-c4cccc(OC)c4)sc3C2)c1. The third-order valence-electron chi connectivity index (χ3n) is 4.66. The Hall–Kier alpha value is -3.06. The van der Waals surface area contributed by atoms with Crippen LogP contribution in [0.5, 0.6) is 11.5 Å². The molecule has 0 atom stereocenters. The van der Waals surface area contributed by atoms with E-state index in [0.29, 0.717) is 18.8 Å². The van der Waals surface area contributed by atoms with E-state index in [2.05, 4.69) is 5.32 Å². The van der Waals surface area contributed by atoms with Gasteiger partial charge in [0, 0.05) is 35.2 Å². The highest BCUT2D eigenvalue weighted by atomic mass is 32.1. The summed E-state index contributed by atoms with van der Waals surface area (Å²) in [6.45, 7) is 1.21. The van der Waals surface area contributed by atoms with Crippen molar-refractivity contribution in [2.45, 2.75) is 13.0 Å². The first kappa shape index (κ1) is 18.3. The summed E-state index contributed by atoms with van der Waals surface area (Å²) < 4.78 is 10.5. The van der Waals surface area contributed by atoms with Gasteiger partial charge in [-0.3, -0.25) is 0 Å². The molecule has 2 amide bonds. The van der Waals surface area contributed by atoms with Crippen LogP contribution in [-0.4, -0.2) is 36.7 Å². The number of thiazole rings is 1. The van der Waals surface area contributed by atoms with Gasteiger partial charge >= 0.3 is 6.03 Å². The van der Waals surface area contributed by atoms with Gasteiger partial charge in [0.15, 0.2) is 0 Å². The highest BCUT2D eigenvalue weighted by Crippen LogP contribution is 2.33. The standard InChI is InChI=1S/C21H21N3O3S/c1-26-16-7-3-5-14(11-16)20-23-18-9-10-24(13-19(18)28-20)21(25)22-15-6-4-8-17(12-15)27-2/h3-8,11-12H,9-10,13H2,1-2H3,(H,22,25). The van der Waals surface area contributed by atoms with Crippen LogP contribution in [0.2, 0.25) is 0 Å². The molecule has 0 unspecified atom stereocenters. The Morgan fingerprint density at radius 3 is 2.64 bits per heavy atom. The molecule has 1 N–H and O–H groups in total. The van der Waals surface area contributed by atoms with Crippen molar-refractivity contribution in [1.82, 2.24) is 9.88 Å². The van der Waals surface area contributed by atoms with Crippen LogP contribution < -0.4 is 14.8 Å². The number of benzene rings is 2. The van der Waals surface area contributed by atoms with Gasteiger partial charge in [-0.15, -0.1) is 11.3 Å². The Balaban J connectivity index is 1.48. The molecule has 0 fully saturated rings. The predicted molar refractivity (Wildman–Crippen MR) is 110 cm³/mol. The average Bonchev–Trinajstić information content (AvgIpc) is 3.17. The minimum Gasteiger partial charge on any atom is -0.497 e. The van der Waals surface area contributed by atoms with E-state index < -0.39 is 0 Å². The monoisotopic (exact) mass is 395 g/mol. The molecule has 0 spiro atoms. The van der Waals surface area contributed by atoms with Crippen molar-refractivity contribution < 1.29 is 14.3 Å². The second-order valence-corrected chi connectivity index (χ2v) is 7.54. The zero-order chi connectivity index (χ0) is 19.5. The van der Waals surface area contributed by atoms with Gasteiger partial charge in [-0.2, -0.15) is 0 Å². The molecule has 1 aliphatic heterocycles. The quantitative estimate of drug-likeness (QED) is 0.710. The van der Waals surface area contributed by atoms with Crippen molar-refractivity contribution in [3.63, 3.8) is 0 Å². The van der Waals surface area contributed by atoms with Crippen LogP contribution >= 0.6 is 11.3 Å². The number of anilines is 1. The van der Waals surface area contributed by atoms with E-state index in [1.54, 1.807) is 31.6 Å². The van der Waals surface area contributed by atoms with Crippen molar-refractivity contribution in [2.75, 3.05) is 26.1 Å².